The molecule has 144 valence electrons. The van der Waals surface area contributed by atoms with Gasteiger partial charge in [-0.05, 0) is 49.1 Å². The van der Waals surface area contributed by atoms with Crippen molar-refractivity contribution in [2.24, 2.45) is 0 Å². The third-order valence-corrected chi connectivity index (χ3v) is 4.25. The fourth-order valence-corrected chi connectivity index (χ4v) is 2.79. The van der Waals surface area contributed by atoms with Crippen LogP contribution in [0.15, 0.2) is 36.4 Å². The molecule has 27 heavy (non-hydrogen) atoms. The van der Waals surface area contributed by atoms with Crippen LogP contribution in [0.2, 0.25) is 0 Å². The third-order valence-electron chi connectivity index (χ3n) is 4.25. The van der Waals surface area contributed by atoms with Crippen LogP contribution in [0.25, 0.3) is 0 Å². The Morgan fingerprint density at radius 2 is 1.59 bits per heavy atom. The number of nitrogens with one attached hydrogen (secondary N) is 2. The molecule has 0 aliphatic heterocycles. The highest BCUT2D eigenvalue weighted by Crippen LogP contribution is 2.27. The van der Waals surface area contributed by atoms with Gasteiger partial charge in [0.2, 0.25) is 11.8 Å². The molecule has 0 fully saturated rings. The lowest BCUT2D eigenvalue weighted by Crippen LogP contribution is -2.30. The maximum Gasteiger partial charge on any atom is 0.233 e. The van der Waals surface area contributed by atoms with Crippen LogP contribution in [0.1, 0.15) is 23.1 Å². The smallest absolute Gasteiger partial charge is 0.233 e. The van der Waals surface area contributed by atoms with E-state index in [0.717, 1.165) is 22.4 Å². The second kappa shape index (κ2) is 9.62. The summed E-state index contributed by atoms with van der Waals surface area (Å²) in [5.41, 5.74) is 3.71. The number of ether oxygens (including phenoxy) is 2. The van der Waals surface area contributed by atoms with Crippen LogP contribution in [0.4, 0.5) is 5.69 Å². The first kappa shape index (κ1) is 20.3. The van der Waals surface area contributed by atoms with Crippen LogP contribution in [-0.2, 0) is 16.0 Å². The van der Waals surface area contributed by atoms with Crippen molar-refractivity contribution >= 4 is 17.5 Å². The molecule has 0 heterocycles. The van der Waals surface area contributed by atoms with E-state index in [-0.39, 0.29) is 18.2 Å². The molecule has 0 aromatic heterocycles. The highest BCUT2D eigenvalue weighted by molar-refractivity contribution is 6.04. The summed E-state index contributed by atoms with van der Waals surface area (Å²) in [5.74, 6) is 0.679. The molecule has 2 amide bonds. The van der Waals surface area contributed by atoms with E-state index in [1.807, 2.05) is 50.2 Å². The molecule has 0 spiro atoms. The SMILES string of the molecule is COc1ccc(CCNC(=O)CC(=O)Nc2c(C)cccc2C)cc1OC. The number of hydrogen-bond acceptors (Lipinski definition) is 4. The second-order valence-corrected chi connectivity index (χ2v) is 6.28. The number of rotatable bonds is 8. The number of hydrogen-bond donors (Lipinski definition) is 2. The summed E-state index contributed by atoms with van der Waals surface area (Å²) in [7, 11) is 3.17. The van der Waals surface area contributed by atoms with E-state index in [9.17, 15) is 9.59 Å². The van der Waals surface area contributed by atoms with Crippen LogP contribution >= 0.6 is 0 Å². The molecule has 0 aliphatic rings. The van der Waals surface area contributed by atoms with Gasteiger partial charge >= 0.3 is 0 Å². The zero-order valence-corrected chi connectivity index (χ0v) is 16.2. The van der Waals surface area contributed by atoms with Crippen LogP contribution < -0.4 is 20.1 Å². The van der Waals surface area contributed by atoms with Crippen molar-refractivity contribution in [2.75, 3.05) is 26.1 Å². The molecular formula is C21H26N2O4. The van der Waals surface area contributed by atoms with Gasteiger partial charge in [-0.25, -0.2) is 0 Å². The number of anilines is 1. The van der Waals surface area contributed by atoms with Gasteiger partial charge in [-0.2, -0.15) is 0 Å². The molecule has 6 heteroatoms. The summed E-state index contributed by atoms with van der Waals surface area (Å²) in [5, 5.41) is 5.59. The van der Waals surface area contributed by atoms with Crippen molar-refractivity contribution in [2.45, 2.75) is 26.7 Å². The average molecular weight is 370 g/mol. The summed E-state index contributed by atoms with van der Waals surface area (Å²) in [6.07, 6.45) is 0.421. The fraction of sp³-hybridized carbons (Fsp3) is 0.333. The summed E-state index contributed by atoms with van der Waals surface area (Å²) >= 11 is 0. The summed E-state index contributed by atoms with van der Waals surface area (Å²) in [4.78, 5) is 24.1. The molecule has 0 bridgehead atoms. The number of benzene rings is 2. The zero-order chi connectivity index (χ0) is 19.8. The fourth-order valence-electron chi connectivity index (χ4n) is 2.79. The monoisotopic (exact) mass is 370 g/mol. The Morgan fingerprint density at radius 1 is 0.926 bits per heavy atom. The summed E-state index contributed by atoms with van der Waals surface area (Å²) < 4.78 is 10.5. The Labute approximate surface area is 159 Å². The molecule has 2 aromatic carbocycles. The van der Waals surface area contributed by atoms with Gasteiger partial charge in [-0.15, -0.1) is 0 Å². The predicted molar refractivity (Wildman–Crippen MR) is 105 cm³/mol. The molecule has 2 rings (SSSR count). The minimum absolute atomic E-state index is 0.209. The first-order chi connectivity index (χ1) is 12.9. The quantitative estimate of drug-likeness (QED) is 0.701. The van der Waals surface area contributed by atoms with E-state index < -0.39 is 0 Å². The van der Waals surface area contributed by atoms with Gasteiger partial charge in [0.1, 0.15) is 6.42 Å². The Hall–Kier alpha value is -3.02. The van der Waals surface area contributed by atoms with Crippen molar-refractivity contribution < 1.29 is 19.1 Å². The zero-order valence-electron chi connectivity index (χ0n) is 16.2. The lowest BCUT2D eigenvalue weighted by atomic mass is 10.1. The van der Waals surface area contributed by atoms with Crippen LogP contribution in [-0.4, -0.2) is 32.6 Å². The predicted octanol–water partition coefficient (Wildman–Crippen LogP) is 3.01. The van der Waals surface area contributed by atoms with Crippen molar-refractivity contribution in [3.8, 4) is 11.5 Å². The number of carbonyl (C=O) groups excluding carboxylic acids is 2. The average Bonchev–Trinajstić information content (AvgIpc) is 2.64. The molecule has 6 nitrogen and oxygen atoms in total. The minimum Gasteiger partial charge on any atom is -0.493 e. The van der Waals surface area contributed by atoms with E-state index in [4.69, 9.17) is 9.47 Å². The lowest BCUT2D eigenvalue weighted by molar-refractivity contribution is -0.126. The van der Waals surface area contributed by atoms with Crippen molar-refractivity contribution in [1.29, 1.82) is 0 Å². The highest BCUT2D eigenvalue weighted by Gasteiger charge is 2.12. The standard InChI is InChI=1S/C21H26N2O4/c1-14-6-5-7-15(2)21(14)23-20(25)13-19(24)22-11-10-16-8-9-17(26-3)18(12-16)27-4/h5-9,12H,10-11,13H2,1-4H3,(H,22,24)(H,23,25). The van der Waals surface area contributed by atoms with Crippen molar-refractivity contribution in [3.05, 3.63) is 53.1 Å². The van der Waals surface area contributed by atoms with E-state index >= 15 is 0 Å². The Morgan fingerprint density at radius 3 is 2.22 bits per heavy atom. The maximum absolute atomic E-state index is 12.1. The van der Waals surface area contributed by atoms with E-state index in [1.54, 1.807) is 14.2 Å². The molecule has 0 radical (unpaired) electrons. The number of para-hydroxylation sites is 1. The highest BCUT2D eigenvalue weighted by atomic mass is 16.5. The van der Waals surface area contributed by atoms with Gasteiger partial charge in [-0.3, -0.25) is 9.59 Å². The summed E-state index contributed by atoms with van der Waals surface area (Å²) in [6, 6.07) is 11.4. The van der Waals surface area contributed by atoms with Crippen LogP contribution in [0, 0.1) is 13.8 Å². The number of amides is 2. The molecule has 0 unspecified atom stereocenters. The van der Waals surface area contributed by atoms with Crippen molar-refractivity contribution in [1.82, 2.24) is 5.32 Å². The molecule has 2 N–H and O–H groups in total. The van der Waals surface area contributed by atoms with E-state index in [0.29, 0.717) is 24.5 Å². The molecule has 0 saturated carbocycles. The van der Waals surface area contributed by atoms with Gasteiger partial charge in [0, 0.05) is 12.2 Å². The van der Waals surface area contributed by atoms with Gasteiger partial charge in [0.15, 0.2) is 11.5 Å². The van der Waals surface area contributed by atoms with Gasteiger partial charge < -0.3 is 20.1 Å². The number of carbonyl (C=O) groups is 2. The maximum atomic E-state index is 12.1. The van der Waals surface area contributed by atoms with E-state index in [2.05, 4.69) is 10.6 Å². The van der Waals surface area contributed by atoms with Gasteiger partial charge in [-0.1, -0.05) is 24.3 Å². The van der Waals surface area contributed by atoms with Crippen molar-refractivity contribution in [3.63, 3.8) is 0 Å². The Bertz CT molecular complexity index is 798. The van der Waals surface area contributed by atoms with Crippen LogP contribution in [0.3, 0.4) is 0 Å². The molecule has 0 saturated heterocycles. The van der Waals surface area contributed by atoms with E-state index in [1.165, 1.54) is 0 Å². The third kappa shape index (κ3) is 5.74. The van der Waals surface area contributed by atoms with Gasteiger partial charge in [0.05, 0.1) is 14.2 Å². The lowest BCUT2D eigenvalue weighted by Gasteiger charge is -2.12. The normalized spacial score (nSPS) is 10.2. The number of aryl methyl sites for hydroxylation is 2. The Balaban J connectivity index is 1.81. The molecule has 0 atom stereocenters. The molecule has 0 aliphatic carbocycles. The van der Waals surface area contributed by atoms with Crippen LogP contribution in [0.5, 0.6) is 11.5 Å². The molecule has 2 aromatic rings. The minimum atomic E-state index is -0.323. The van der Waals surface area contributed by atoms with Gasteiger partial charge in [0.25, 0.3) is 0 Å². The summed E-state index contributed by atoms with van der Waals surface area (Å²) in [6.45, 7) is 4.28. The Kier molecular flexibility index (Phi) is 7.23. The first-order valence-corrected chi connectivity index (χ1v) is 8.78. The topological polar surface area (TPSA) is 76.7 Å². The largest absolute Gasteiger partial charge is 0.493 e. The second-order valence-electron chi connectivity index (χ2n) is 6.28. The first-order valence-electron chi connectivity index (χ1n) is 8.78. The number of methoxy groups -OCH3 is 2. The molecular weight excluding hydrogens is 344 g/mol.